The van der Waals surface area contributed by atoms with Gasteiger partial charge in [-0.05, 0) is 60.5 Å². The summed E-state index contributed by atoms with van der Waals surface area (Å²) in [7, 11) is 13.6. The maximum absolute atomic E-state index is 5.32. The molecular weight excluding hydrogens is 384 g/mol. The fraction of sp³-hybridized carbons (Fsp3) is 1.00. The zero-order valence-corrected chi connectivity index (χ0v) is 21.3. The molecule has 0 atom stereocenters. The molecule has 10 heteroatoms. The van der Waals surface area contributed by atoms with Gasteiger partial charge >= 0.3 is 17.6 Å². The predicted octanol–water partition coefficient (Wildman–Crippen LogP) is 2.02. The lowest BCUT2D eigenvalue weighted by molar-refractivity contribution is 0.122. The lowest BCUT2D eigenvalue weighted by Crippen LogP contribution is -2.43. The highest BCUT2D eigenvalue weighted by molar-refractivity contribution is 6.60. The normalized spacial score (nSPS) is 12.4. The molecule has 0 fully saturated rings. The van der Waals surface area contributed by atoms with Crippen LogP contribution in [0.3, 0.4) is 0 Å². The second-order valence-electron chi connectivity index (χ2n) is 6.76. The highest BCUT2D eigenvalue weighted by atomic mass is 28.4. The molecule has 0 bridgehead atoms. The Kier molecular flexibility index (Phi) is 18.5. The molecule has 27 heavy (non-hydrogen) atoms. The predicted molar refractivity (Wildman–Crippen MR) is 114 cm³/mol. The fourth-order valence-electron chi connectivity index (χ4n) is 2.49. The van der Waals surface area contributed by atoms with E-state index in [2.05, 4.69) is 38.0 Å². The summed E-state index contributed by atoms with van der Waals surface area (Å²) < 4.78 is 31.9. The van der Waals surface area contributed by atoms with E-state index < -0.39 is 17.6 Å². The number of unbranched alkanes of at least 4 members (excludes halogenated alkanes) is 1. The molecule has 0 radical (unpaired) electrons. The summed E-state index contributed by atoms with van der Waals surface area (Å²) in [6, 6.07) is 1.76. The summed E-state index contributed by atoms with van der Waals surface area (Å²) in [5.41, 5.74) is 0. The Morgan fingerprint density at radius 1 is 0.481 bits per heavy atom. The first kappa shape index (κ1) is 29.3. The molecule has 166 valence electrons. The second kappa shape index (κ2) is 17.0. The van der Waals surface area contributed by atoms with Crippen molar-refractivity contribution in [1.82, 2.24) is 9.80 Å². The van der Waals surface area contributed by atoms with Crippen LogP contribution in [-0.2, 0) is 26.6 Å². The van der Waals surface area contributed by atoms with E-state index in [1.165, 1.54) is 0 Å². The van der Waals surface area contributed by atoms with E-state index in [0.29, 0.717) is 0 Å². The van der Waals surface area contributed by atoms with Crippen LogP contribution in [0, 0.1) is 0 Å². The van der Waals surface area contributed by atoms with Gasteiger partial charge < -0.3 is 36.4 Å². The van der Waals surface area contributed by atoms with E-state index in [9.17, 15) is 0 Å². The molecule has 0 saturated heterocycles. The molecule has 0 unspecified atom stereocenters. The topological polar surface area (TPSA) is 61.9 Å². The highest BCUT2D eigenvalue weighted by Gasteiger charge is 2.37. The monoisotopic (exact) mass is 428 g/mol. The van der Waals surface area contributed by atoms with E-state index in [1.807, 2.05) is 0 Å². The maximum atomic E-state index is 5.32. The first-order chi connectivity index (χ1) is 12.7. The summed E-state index contributed by atoms with van der Waals surface area (Å²) in [5, 5.41) is 0. The Morgan fingerprint density at radius 2 is 0.778 bits per heavy atom. The summed E-state index contributed by atoms with van der Waals surface area (Å²) in [6.07, 6.45) is 3.27. The van der Waals surface area contributed by atoms with Crippen molar-refractivity contribution < 1.29 is 26.6 Å². The third-order valence-corrected chi connectivity index (χ3v) is 9.96. The molecule has 0 aliphatic rings. The van der Waals surface area contributed by atoms with Crippen molar-refractivity contribution in [2.75, 3.05) is 83.9 Å². The molecule has 0 N–H and O–H groups in total. The lowest BCUT2D eigenvalue weighted by atomic mass is 10.3. The molecule has 0 spiro atoms. The molecule has 0 heterocycles. The molecule has 0 aliphatic carbocycles. The number of rotatable bonds is 15. The minimum absolute atomic E-state index is 0.870. The van der Waals surface area contributed by atoms with Crippen molar-refractivity contribution in [3.05, 3.63) is 0 Å². The van der Waals surface area contributed by atoms with Gasteiger partial charge in [-0.25, -0.2) is 0 Å². The van der Waals surface area contributed by atoms with Gasteiger partial charge in [-0.2, -0.15) is 0 Å². The van der Waals surface area contributed by atoms with Gasteiger partial charge in [0.25, 0.3) is 0 Å². The molecule has 0 aromatic rings. The molecule has 0 rings (SSSR count). The van der Waals surface area contributed by atoms with E-state index in [4.69, 9.17) is 26.6 Å². The fourth-order valence-corrected chi connectivity index (χ4v) is 5.99. The summed E-state index contributed by atoms with van der Waals surface area (Å²) in [6.45, 7) is 2.13. The summed E-state index contributed by atoms with van der Waals surface area (Å²) in [5.74, 6) is 0. The van der Waals surface area contributed by atoms with Crippen LogP contribution < -0.4 is 0 Å². The van der Waals surface area contributed by atoms with Gasteiger partial charge in [-0.3, -0.25) is 0 Å². The Hall–Kier alpha value is 0.114. The van der Waals surface area contributed by atoms with Crippen LogP contribution >= 0.6 is 0 Å². The average molecular weight is 429 g/mol. The van der Waals surface area contributed by atoms with Crippen molar-refractivity contribution in [3.63, 3.8) is 0 Å². The molecule has 0 amide bonds. The van der Waals surface area contributed by atoms with Gasteiger partial charge in [0.15, 0.2) is 0 Å². The number of hydrogen-bond donors (Lipinski definition) is 0. The van der Waals surface area contributed by atoms with Crippen LogP contribution in [0.5, 0.6) is 0 Å². The van der Waals surface area contributed by atoms with Crippen LogP contribution in [0.1, 0.15) is 19.3 Å². The third-order valence-electron chi connectivity index (χ3n) is 4.29. The minimum Gasteiger partial charge on any atom is -0.377 e. The van der Waals surface area contributed by atoms with Crippen LogP contribution in [0.25, 0.3) is 0 Å². The first-order valence-electron chi connectivity index (χ1n) is 9.30. The van der Waals surface area contributed by atoms with Crippen molar-refractivity contribution in [1.29, 1.82) is 0 Å². The smallest absolute Gasteiger partial charge is 0.377 e. The minimum atomic E-state index is -2.31. The van der Waals surface area contributed by atoms with E-state index >= 15 is 0 Å². The zero-order chi connectivity index (χ0) is 21.3. The van der Waals surface area contributed by atoms with Gasteiger partial charge in [-0.15, -0.1) is 0 Å². The second-order valence-corrected chi connectivity index (χ2v) is 12.9. The number of hydrogen-bond acceptors (Lipinski definition) is 8. The van der Waals surface area contributed by atoms with Gasteiger partial charge in [-0.1, -0.05) is 0 Å². The number of nitrogens with zero attached hydrogens (tertiary/aromatic N) is 2. The standard InChI is InChI=1S/C9H23NO3Si.C8H21NO3Si/c1-10(2)8-6-7-9-14(11-3,12-4)13-5;1-9(2)7-6-8-13(10-3,11-4)12-5/h6-9H2,1-5H3;6-8H2,1-5H3. The van der Waals surface area contributed by atoms with Gasteiger partial charge in [0, 0.05) is 54.7 Å². The summed E-state index contributed by atoms with van der Waals surface area (Å²) >= 11 is 0. The van der Waals surface area contributed by atoms with Crippen LogP contribution in [-0.4, -0.2) is 111 Å². The Morgan fingerprint density at radius 3 is 1.07 bits per heavy atom. The molecule has 8 nitrogen and oxygen atoms in total. The van der Waals surface area contributed by atoms with Crippen LogP contribution in [0.15, 0.2) is 0 Å². The Labute approximate surface area is 169 Å². The van der Waals surface area contributed by atoms with Crippen LogP contribution in [0.2, 0.25) is 12.1 Å². The van der Waals surface area contributed by atoms with Gasteiger partial charge in [0.05, 0.1) is 0 Å². The molecule has 0 saturated carbocycles. The first-order valence-corrected chi connectivity index (χ1v) is 13.2. The quantitative estimate of drug-likeness (QED) is 0.290. The van der Waals surface area contributed by atoms with Gasteiger partial charge in [0.2, 0.25) is 0 Å². The molecule has 0 aliphatic heterocycles. The van der Waals surface area contributed by atoms with E-state index in [-0.39, 0.29) is 0 Å². The molecule has 0 aromatic heterocycles. The van der Waals surface area contributed by atoms with Crippen molar-refractivity contribution in [3.8, 4) is 0 Å². The Balaban J connectivity index is 0. The van der Waals surface area contributed by atoms with Crippen molar-refractivity contribution >= 4 is 17.6 Å². The largest absolute Gasteiger partial charge is 0.500 e. The van der Waals surface area contributed by atoms with Crippen molar-refractivity contribution in [2.45, 2.75) is 31.4 Å². The zero-order valence-electron chi connectivity index (χ0n) is 19.3. The summed E-state index contributed by atoms with van der Waals surface area (Å²) in [4.78, 5) is 4.32. The molecule has 0 aromatic carbocycles. The highest BCUT2D eigenvalue weighted by Crippen LogP contribution is 2.16. The Bertz CT molecular complexity index is 314. The SMILES string of the molecule is CO[Si](CCCCN(C)C)(OC)OC.CO[Si](CCCN(C)C)(OC)OC. The van der Waals surface area contributed by atoms with Crippen LogP contribution in [0.4, 0.5) is 0 Å². The lowest BCUT2D eigenvalue weighted by Gasteiger charge is -2.24. The van der Waals surface area contributed by atoms with Gasteiger partial charge in [0.1, 0.15) is 0 Å². The average Bonchev–Trinajstić information content (AvgIpc) is 2.66. The van der Waals surface area contributed by atoms with Crippen molar-refractivity contribution in [2.24, 2.45) is 0 Å². The van der Waals surface area contributed by atoms with E-state index in [0.717, 1.165) is 44.4 Å². The van der Waals surface area contributed by atoms with E-state index in [1.54, 1.807) is 42.7 Å². The maximum Gasteiger partial charge on any atom is 0.500 e. The third kappa shape index (κ3) is 13.8. The molecular formula is C17H44N2O6Si2.